The lowest BCUT2D eigenvalue weighted by molar-refractivity contribution is -0.133. The van der Waals surface area contributed by atoms with Crippen LogP contribution < -0.4 is 10.6 Å². The molecule has 0 aliphatic heterocycles. The van der Waals surface area contributed by atoms with E-state index in [1.807, 2.05) is 13.8 Å². The van der Waals surface area contributed by atoms with Crippen LogP contribution in [0.2, 0.25) is 0 Å². The molecule has 0 saturated heterocycles. The number of carbonyl (C=O) groups is 2. The number of rotatable bonds is 9. The van der Waals surface area contributed by atoms with E-state index in [0.717, 1.165) is 0 Å². The number of likely N-dealkylation sites (N-methyl/N-ethyl adjacent to an activating group) is 2. The molecule has 0 atom stereocenters. The van der Waals surface area contributed by atoms with Gasteiger partial charge < -0.3 is 15.5 Å². The number of nitrogens with zero attached hydrogens (tertiary/aromatic N) is 3. The lowest BCUT2D eigenvalue weighted by Gasteiger charge is -2.19. The molecular weight excluding hydrogens is 377 g/mol. The van der Waals surface area contributed by atoms with Gasteiger partial charge in [-0.1, -0.05) is 29.2 Å². The smallest absolute Gasteiger partial charge is 0.239 e. The molecule has 2 rings (SSSR count). The number of carbonyl (C=O) groups excluding carboxylic acids is 2. The van der Waals surface area contributed by atoms with Crippen molar-refractivity contribution < 1.29 is 14.0 Å². The molecule has 1 aromatic carbocycles. The minimum atomic E-state index is -0.341. The van der Waals surface area contributed by atoms with Crippen LogP contribution in [0.4, 0.5) is 15.2 Å². The predicted octanol–water partition coefficient (Wildman–Crippen LogP) is 2.50. The van der Waals surface area contributed by atoms with E-state index in [1.54, 1.807) is 12.1 Å². The van der Waals surface area contributed by atoms with Crippen molar-refractivity contribution in [1.29, 1.82) is 0 Å². The highest BCUT2D eigenvalue weighted by atomic mass is 32.2. The van der Waals surface area contributed by atoms with Crippen LogP contribution >= 0.6 is 23.1 Å². The summed E-state index contributed by atoms with van der Waals surface area (Å²) in [6, 6.07) is 6.04. The molecule has 2 amide bonds. The maximum atomic E-state index is 13.2. The number of nitrogens with one attached hydrogen (secondary N) is 2. The van der Waals surface area contributed by atoms with Crippen molar-refractivity contribution in [2.24, 2.45) is 0 Å². The number of anilines is 2. The Labute approximate surface area is 159 Å². The van der Waals surface area contributed by atoms with Crippen LogP contribution in [-0.2, 0) is 9.59 Å². The molecule has 0 fully saturated rings. The fourth-order valence-corrected chi connectivity index (χ4v) is 3.70. The van der Waals surface area contributed by atoms with Gasteiger partial charge in [0.1, 0.15) is 5.82 Å². The molecule has 0 radical (unpaired) electrons. The van der Waals surface area contributed by atoms with E-state index in [0.29, 0.717) is 28.2 Å². The SMILES string of the molecule is CCNC(=O)CN(CC)C(=O)CSc1nnc(Nc2cccc(F)c2)s1. The lowest BCUT2D eigenvalue weighted by Crippen LogP contribution is -2.41. The van der Waals surface area contributed by atoms with Crippen LogP contribution in [0.1, 0.15) is 13.8 Å². The summed E-state index contributed by atoms with van der Waals surface area (Å²) in [5, 5.41) is 14.1. The largest absolute Gasteiger partial charge is 0.355 e. The zero-order valence-electron chi connectivity index (χ0n) is 14.5. The van der Waals surface area contributed by atoms with Gasteiger partial charge in [0.25, 0.3) is 0 Å². The highest BCUT2D eigenvalue weighted by molar-refractivity contribution is 8.01. The van der Waals surface area contributed by atoms with E-state index < -0.39 is 0 Å². The highest BCUT2D eigenvalue weighted by Crippen LogP contribution is 2.27. The molecule has 0 bridgehead atoms. The van der Waals surface area contributed by atoms with Gasteiger partial charge in [-0.2, -0.15) is 0 Å². The van der Waals surface area contributed by atoms with Gasteiger partial charge in [-0.3, -0.25) is 9.59 Å². The molecule has 1 heterocycles. The lowest BCUT2D eigenvalue weighted by atomic mass is 10.3. The Bertz CT molecular complexity index is 756. The van der Waals surface area contributed by atoms with Crippen LogP contribution in [0, 0.1) is 5.82 Å². The quantitative estimate of drug-likeness (QED) is 0.632. The molecule has 2 aromatic rings. The number of aromatic nitrogens is 2. The van der Waals surface area contributed by atoms with Gasteiger partial charge in [0, 0.05) is 18.8 Å². The Morgan fingerprint density at radius 2 is 2.12 bits per heavy atom. The number of thioether (sulfide) groups is 1. The van der Waals surface area contributed by atoms with Crippen LogP contribution in [0.25, 0.3) is 0 Å². The molecule has 140 valence electrons. The fourth-order valence-electron chi connectivity index (χ4n) is 2.03. The molecule has 26 heavy (non-hydrogen) atoms. The zero-order chi connectivity index (χ0) is 18.9. The first-order valence-corrected chi connectivity index (χ1v) is 9.85. The molecular formula is C16H20FN5O2S2. The number of amides is 2. The third-order valence-corrected chi connectivity index (χ3v) is 5.20. The maximum Gasteiger partial charge on any atom is 0.239 e. The average molecular weight is 398 g/mol. The molecule has 1 aromatic heterocycles. The molecule has 0 saturated carbocycles. The summed E-state index contributed by atoms with van der Waals surface area (Å²) in [7, 11) is 0. The fraction of sp³-hybridized carbons (Fsp3) is 0.375. The van der Waals surface area contributed by atoms with Crippen molar-refractivity contribution in [3.63, 3.8) is 0 Å². The van der Waals surface area contributed by atoms with E-state index >= 15 is 0 Å². The van der Waals surface area contributed by atoms with Crippen LogP contribution in [0.5, 0.6) is 0 Å². The van der Waals surface area contributed by atoms with E-state index in [2.05, 4.69) is 20.8 Å². The molecule has 7 nitrogen and oxygen atoms in total. The number of benzene rings is 1. The summed E-state index contributed by atoms with van der Waals surface area (Å²) in [5.74, 6) is -0.489. The zero-order valence-corrected chi connectivity index (χ0v) is 16.1. The Morgan fingerprint density at radius 3 is 2.81 bits per heavy atom. The van der Waals surface area contributed by atoms with E-state index in [1.165, 1.54) is 40.1 Å². The van der Waals surface area contributed by atoms with Crippen molar-refractivity contribution in [3.05, 3.63) is 30.1 Å². The summed E-state index contributed by atoms with van der Waals surface area (Å²) in [5.41, 5.74) is 0.577. The van der Waals surface area contributed by atoms with Gasteiger partial charge in [-0.25, -0.2) is 4.39 Å². The molecule has 0 unspecified atom stereocenters. The minimum Gasteiger partial charge on any atom is -0.355 e. The van der Waals surface area contributed by atoms with E-state index in [-0.39, 0.29) is 29.9 Å². The Kier molecular flexibility index (Phi) is 7.79. The minimum absolute atomic E-state index is 0.0478. The third-order valence-electron chi connectivity index (χ3n) is 3.24. The Balaban J connectivity index is 1.86. The molecule has 10 heteroatoms. The number of halogens is 1. The van der Waals surface area contributed by atoms with E-state index in [4.69, 9.17) is 0 Å². The van der Waals surface area contributed by atoms with Gasteiger partial charge in [-0.05, 0) is 32.0 Å². The monoisotopic (exact) mass is 397 g/mol. The van der Waals surface area contributed by atoms with Crippen molar-refractivity contribution in [1.82, 2.24) is 20.4 Å². The highest BCUT2D eigenvalue weighted by Gasteiger charge is 2.16. The molecule has 0 spiro atoms. The normalized spacial score (nSPS) is 10.4. The second-order valence-electron chi connectivity index (χ2n) is 5.16. The van der Waals surface area contributed by atoms with Gasteiger partial charge in [0.2, 0.25) is 16.9 Å². The Morgan fingerprint density at radius 1 is 1.31 bits per heavy atom. The first-order valence-electron chi connectivity index (χ1n) is 8.05. The van der Waals surface area contributed by atoms with Crippen LogP contribution in [0.15, 0.2) is 28.6 Å². The summed E-state index contributed by atoms with van der Waals surface area (Å²) in [4.78, 5) is 25.4. The van der Waals surface area contributed by atoms with Gasteiger partial charge in [0.05, 0.1) is 12.3 Å². The second kappa shape index (κ2) is 10.1. The van der Waals surface area contributed by atoms with Gasteiger partial charge >= 0.3 is 0 Å². The second-order valence-corrected chi connectivity index (χ2v) is 7.36. The van der Waals surface area contributed by atoms with Gasteiger partial charge in [-0.15, -0.1) is 10.2 Å². The van der Waals surface area contributed by atoms with E-state index in [9.17, 15) is 14.0 Å². The number of hydrogen-bond donors (Lipinski definition) is 2. The van der Waals surface area contributed by atoms with Crippen molar-refractivity contribution >= 4 is 45.7 Å². The predicted molar refractivity (Wildman–Crippen MR) is 101 cm³/mol. The Hall–Kier alpha value is -2.20. The maximum absolute atomic E-state index is 13.2. The summed E-state index contributed by atoms with van der Waals surface area (Å²) >= 11 is 2.53. The first kappa shape index (κ1) is 20.1. The van der Waals surface area contributed by atoms with Crippen LogP contribution in [0.3, 0.4) is 0 Å². The first-order chi connectivity index (χ1) is 12.5. The number of hydrogen-bond acceptors (Lipinski definition) is 7. The summed E-state index contributed by atoms with van der Waals surface area (Å²) < 4.78 is 13.8. The standard InChI is InChI=1S/C16H20FN5O2S2/c1-3-18-13(23)9-22(4-2)14(24)10-25-16-21-20-15(26-16)19-12-7-5-6-11(17)8-12/h5-8H,3-4,9-10H2,1-2H3,(H,18,23)(H,19,20). The van der Waals surface area contributed by atoms with Gasteiger partial charge in [0.15, 0.2) is 4.34 Å². The van der Waals surface area contributed by atoms with Crippen molar-refractivity contribution in [3.8, 4) is 0 Å². The third kappa shape index (κ3) is 6.26. The van der Waals surface area contributed by atoms with Crippen molar-refractivity contribution in [2.75, 3.05) is 30.7 Å². The van der Waals surface area contributed by atoms with Crippen molar-refractivity contribution in [2.45, 2.75) is 18.2 Å². The summed E-state index contributed by atoms with van der Waals surface area (Å²) in [6.45, 7) is 4.70. The topological polar surface area (TPSA) is 87.2 Å². The summed E-state index contributed by atoms with van der Waals surface area (Å²) in [6.07, 6.45) is 0. The molecule has 0 aliphatic carbocycles. The molecule has 0 aliphatic rings. The van der Waals surface area contributed by atoms with Crippen LogP contribution in [-0.4, -0.2) is 52.3 Å². The molecule has 2 N–H and O–H groups in total. The average Bonchev–Trinajstić information content (AvgIpc) is 3.05.